The van der Waals surface area contributed by atoms with Gasteiger partial charge in [-0.25, -0.2) is 0 Å². The van der Waals surface area contributed by atoms with Crippen LogP contribution in [0.4, 0.5) is 0 Å². The van der Waals surface area contributed by atoms with E-state index in [9.17, 15) is 4.79 Å². The van der Waals surface area contributed by atoms with Gasteiger partial charge >= 0.3 is 0 Å². The number of benzene rings is 1. The average Bonchev–Trinajstić information content (AvgIpc) is 2.99. The Morgan fingerprint density at radius 3 is 2.74 bits per heavy atom. The molecule has 5 heteroatoms. The molecule has 1 aromatic heterocycles. The fourth-order valence-electron chi connectivity index (χ4n) is 3.63. The zero-order valence-electron chi connectivity index (χ0n) is 13.3. The minimum Gasteiger partial charge on any atom is -0.346 e. The van der Waals surface area contributed by atoms with Crippen molar-refractivity contribution in [1.29, 1.82) is 0 Å². The molecule has 1 amide bonds. The molecular weight excluding hydrogens is 288 g/mol. The average molecular weight is 310 g/mol. The molecule has 2 fully saturated rings. The Morgan fingerprint density at radius 2 is 2.09 bits per heavy atom. The highest BCUT2D eigenvalue weighted by Gasteiger charge is 2.47. The van der Waals surface area contributed by atoms with E-state index in [1.165, 1.54) is 5.56 Å². The van der Waals surface area contributed by atoms with Crippen molar-refractivity contribution >= 4 is 5.91 Å². The van der Waals surface area contributed by atoms with Crippen LogP contribution in [0.15, 0.2) is 42.7 Å². The lowest BCUT2D eigenvalue weighted by molar-refractivity contribution is -0.125. The maximum Gasteiger partial charge on any atom is 0.225 e. The third-order valence-electron chi connectivity index (χ3n) is 5.14. The lowest BCUT2D eigenvalue weighted by Gasteiger charge is -2.23. The number of aryl methyl sites for hydroxylation is 1. The molecule has 1 aliphatic heterocycles. The molecule has 0 radical (unpaired) electrons. The number of nitrogens with zero attached hydrogens (tertiary/aromatic N) is 2. The quantitative estimate of drug-likeness (QED) is 0.900. The fourth-order valence-corrected chi connectivity index (χ4v) is 3.63. The van der Waals surface area contributed by atoms with Crippen molar-refractivity contribution in [2.75, 3.05) is 13.1 Å². The van der Waals surface area contributed by atoms with Crippen LogP contribution >= 0.6 is 0 Å². The molecule has 4 rings (SSSR count). The van der Waals surface area contributed by atoms with Gasteiger partial charge in [-0.05, 0) is 24.0 Å². The van der Waals surface area contributed by atoms with E-state index >= 15 is 0 Å². The van der Waals surface area contributed by atoms with Gasteiger partial charge in [0.25, 0.3) is 0 Å². The molecule has 1 saturated heterocycles. The Kier molecular flexibility index (Phi) is 3.45. The van der Waals surface area contributed by atoms with Crippen LogP contribution < -0.4 is 10.6 Å². The van der Waals surface area contributed by atoms with Crippen molar-refractivity contribution in [1.82, 2.24) is 20.4 Å². The van der Waals surface area contributed by atoms with E-state index in [1.807, 2.05) is 37.6 Å². The molecule has 2 atom stereocenters. The molecule has 0 bridgehead atoms. The predicted octanol–water partition coefficient (Wildman–Crippen LogP) is 1.53. The number of carbonyl (C=O) groups excluding carboxylic acids is 1. The Balaban J connectivity index is 1.51. The van der Waals surface area contributed by atoms with Crippen LogP contribution in [0.5, 0.6) is 0 Å². The first-order valence-corrected chi connectivity index (χ1v) is 8.25. The second-order valence-corrected chi connectivity index (χ2v) is 6.76. The lowest BCUT2D eigenvalue weighted by atomic mass is 9.89. The number of carbonyl (C=O) groups is 1. The molecule has 0 spiro atoms. The first kappa shape index (κ1) is 14.5. The van der Waals surface area contributed by atoms with E-state index in [2.05, 4.69) is 27.9 Å². The van der Waals surface area contributed by atoms with Crippen molar-refractivity contribution in [3.63, 3.8) is 0 Å². The number of amides is 1. The summed E-state index contributed by atoms with van der Waals surface area (Å²) in [5, 5.41) is 10.9. The van der Waals surface area contributed by atoms with Gasteiger partial charge < -0.3 is 10.6 Å². The Morgan fingerprint density at radius 1 is 1.30 bits per heavy atom. The van der Waals surface area contributed by atoms with Gasteiger partial charge in [-0.3, -0.25) is 9.48 Å². The second-order valence-electron chi connectivity index (χ2n) is 6.76. The minimum absolute atomic E-state index is 0.0274. The van der Waals surface area contributed by atoms with E-state index < -0.39 is 0 Å². The van der Waals surface area contributed by atoms with Crippen LogP contribution in [0.1, 0.15) is 29.9 Å². The summed E-state index contributed by atoms with van der Waals surface area (Å²) >= 11 is 0. The monoisotopic (exact) mass is 310 g/mol. The van der Waals surface area contributed by atoms with Gasteiger partial charge in [-0.2, -0.15) is 5.10 Å². The Bertz CT molecular complexity index is 705. The molecule has 1 aliphatic carbocycles. The molecule has 2 aliphatic rings. The van der Waals surface area contributed by atoms with Gasteiger partial charge in [-0.15, -0.1) is 0 Å². The number of hydrogen-bond donors (Lipinski definition) is 2. The van der Waals surface area contributed by atoms with Crippen LogP contribution in [-0.4, -0.2) is 28.8 Å². The van der Waals surface area contributed by atoms with Crippen LogP contribution in [0, 0.1) is 5.92 Å². The summed E-state index contributed by atoms with van der Waals surface area (Å²) in [5.41, 5.74) is 2.22. The largest absolute Gasteiger partial charge is 0.346 e. The molecule has 1 aromatic carbocycles. The van der Waals surface area contributed by atoms with Gasteiger partial charge in [0.2, 0.25) is 5.91 Å². The third-order valence-corrected chi connectivity index (χ3v) is 5.14. The SMILES string of the molecule is Cn1cc([C@H]2CNC[C@@H]2C(=O)NC2(c3ccccc3)CC2)cn1. The molecule has 5 nitrogen and oxygen atoms in total. The van der Waals surface area contributed by atoms with E-state index in [0.29, 0.717) is 0 Å². The molecule has 23 heavy (non-hydrogen) atoms. The number of hydrogen-bond acceptors (Lipinski definition) is 3. The highest BCUT2D eigenvalue weighted by molar-refractivity contribution is 5.82. The van der Waals surface area contributed by atoms with Gasteiger partial charge in [0.1, 0.15) is 0 Å². The normalized spacial score (nSPS) is 25.3. The second kappa shape index (κ2) is 5.49. The van der Waals surface area contributed by atoms with Gasteiger partial charge in [0.15, 0.2) is 0 Å². The summed E-state index contributed by atoms with van der Waals surface area (Å²) in [7, 11) is 1.91. The van der Waals surface area contributed by atoms with E-state index in [1.54, 1.807) is 4.68 Å². The van der Waals surface area contributed by atoms with Crippen molar-refractivity contribution in [3.8, 4) is 0 Å². The molecular formula is C18H22N4O. The maximum absolute atomic E-state index is 12.9. The fraction of sp³-hybridized carbons (Fsp3) is 0.444. The highest BCUT2D eigenvalue weighted by Crippen LogP contribution is 2.46. The van der Waals surface area contributed by atoms with Crippen LogP contribution in [0.2, 0.25) is 0 Å². The summed E-state index contributed by atoms with van der Waals surface area (Å²) in [6.45, 7) is 1.57. The zero-order chi connectivity index (χ0) is 15.9. The number of rotatable bonds is 4. The van der Waals surface area contributed by atoms with Crippen LogP contribution in [0.25, 0.3) is 0 Å². The summed E-state index contributed by atoms with van der Waals surface area (Å²) in [4.78, 5) is 12.9. The maximum atomic E-state index is 12.9. The lowest BCUT2D eigenvalue weighted by Crippen LogP contribution is -2.41. The standard InChI is InChI=1S/C18H22N4O/c1-22-12-13(9-20-22)15-10-19-11-16(15)17(23)21-18(7-8-18)14-5-3-2-4-6-14/h2-6,9,12,15-16,19H,7-8,10-11H2,1H3,(H,21,23)/t15-,16+/m1/s1. The van der Waals surface area contributed by atoms with Crippen molar-refractivity contribution in [3.05, 3.63) is 53.9 Å². The zero-order valence-corrected chi connectivity index (χ0v) is 13.3. The van der Waals surface area contributed by atoms with Crippen molar-refractivity contribution in [2.24, 2.45) is 13.0 Å². The molecule has 120 valence electrons. The van der Waals surface area contributed by atoms with Crippen molar-refractivity contribution < 1.29 is 4.79 Å². The van der Waals surface area contributed by atoms with Gasteiger partial charge in [0.05, 0.1) is 17.7 Å². The summed E-state index contributed by atoms with van der Waals surface area (Å²) in [5.74, 6) is 0.334. The van der Waals surface area contributed by atoms with E-state index in [-0.39, 0.29) is 23.3 Å². The topological polar surface area (TPSA) is 59.0 Å². The van der Waals surface area contributed by atoms with Gasteiger partial charge in [0, 0.05) is 32.3 Å². The molecule has 1 saturated carbocycles. The molecule has 2 heterocycles. The smallest absolute Gasteiger partial charge is 0.225 e. The van der Waals surface area contributed by atoms with Crippen molar-refractivity contribution in [2.45, 2.75) is 24.3 Å². The van der Waals surface area contributed by atoms with Crippen LogP contribution in [-0.2, 0) is 17.4 Å². The number of nitrogens with one attached hydrogen (secondary N) is 2. The van der Waals surface area contributed by atoms with E-state index in [0.717, 1.165) is 31.5 Å². The molecule has 2 N–H and O–H groups in total. The Labute approximate surface area is 136 Å². The number of aromatic nitrogens is 2. The van der Waals surface area contributed by atoms with Gasteiger partial charge in [-0.1, -0.05) is 30.3 Å². The van der Waals surface area contributed by atoms with Crippen LogP contribution in [0.3, 0.4) is 0 Å². The molecule has 0 unspecified atom stereocenters. The first-order chi connectivity index (χ1) is 11.2. The highest BCUT2D eigenvalue weighted by atomic mass is 16.2. The van der Waals surface area contributed by atoms with E-state index in [4.69, 9.17) is 0 Å². The third kappa shape index (κ3) is 2.65. The summed E-state index contributed by atoms with van der Waals surface area (Å²) in [6.07, 6.45) is 5.95. The summed E-state index contributed by atoms with van der Waals surface area (Å²) < 4.78 is 1.80. The summed E-state index contributed by atoms with van der Waals surface area (Å²) in [6, 6.07) is 10.3. The minimum atomic E-state index is -0.138. The predicted molar refractivity (Wildman–Crippen MR) is 87.8 cm³/mol. The first-order valence-electron chi connectivity index (χ1n) is 8.25. The molecule has 2 aromatic rings. The Hall–Kier alpha value is -2.14.